The highest BCUT2D eigenvalue weighted by molar-refractivity contribution is 5.72. The topological polar surface area (TPSA) is 72.5 Å². The van der Waals surface area contributed by atoms with E-state index < -0.39 is 12.1 Å². The van der Waals surface area contributed by atoms with Gasteiger partial charge in [-0.25, -0.2) is 4.79 Å². The van der Waals surface area contributed by atoms with Crippen LogP contribution in [0.5, 0.6) is 0 Å². The molecule has 0 bridgehead atoms. The molecule has 1 atom stereocenters. The molecule has 1 unspecified atom stereocenters. The number of carboxylic acids is 1. The van der Waals surface area contributed by atoms with Crippen LogP contribution in [0.1, 0.15) is 45.4 Å². The monoisotopic (exact) mass is 215 g/mol. The second-order valence-electron chi connectivity index (χ2n) is 4.29. The highest BCUT2D eigenvalue weighted by Gasteiger charge is 2.25. The van der Waals surface area contributed by atoms with Crippen LogP contribution in [-0.4, -0.2) is 29.3 Å². The Labute approximate surface area is 90.8 Å². The molecule has 0 spiro atoms. The van der Waals surface area contributed by atoms with E-state index in [9.17, 15) is 4.79 Å². The Morgan fingerprint density at radius 2 is 2.07 bits per heavy atom. The third kappa shape index (κ3) is 4.18. The van der Waals surface area contributed by atoms with E-state index in [1.165, 1.54) is 0 Å². The molecule has 1 saturated carbocycles. The molecule has 0 aromatic carbocycles. The van der Waals surface area contributed by atoms with E-state index in [1.54, 1.807) is 0 Å². The molecule has 0 aromatic heterocycles. The van der Waals surface area contributed by atoms with Gasteiger partial charge in [0.25, 0.3) is 0 Å². The Hall–Kier alpha value is -0.610. The van der Waals surface area contributed by atoms with Gasteiger partial charge in [-0.15, -0.1) is 0 Å². The number of rotatable bonds is 5. The SMILES string of the molecule is CCCC(OC1CCC(N)CC1)C(=O)O. The second-order valence-corrected chi connectivity index (χ2v) is 4.29. The zero-order valence-corrected chi connectivity index (χ0v) is 9.32. The van der Waals surface area contributed by atoms with Gasteiger partial charge in [-0.1, -0.05) is 13.3 Å². The van der Waals surface area contributed by atoms with Crippen LogP contribution in [0.15, 0.2) is 0 Å². The van der Waals surface area contributed by atoms with E-state index in [-0.39, 0.29) is 12.1 Å². The van der Waals surface area contributed by atoms with Gasteiger partial charge in [-0.3, -0.25) is 0 Å². The molecule has 4 nitrogen and oxygen atoms in total. The average Bonchev–Trinajstić information content (AvgIpc) is 2.20. The van der Waals surface area contributed by atoms with Crippen LogP contribution in [-0.2, 0) is 9.53 Å². The summed E-state index contributed by atoms with van der Waals surface area (Å²) >= 11 is 0. The minimum absolute atomic E-state index is 0.0949. The third-order valence-corrected chi connectivity index (χ3v) is 2.90. The van der Waals surface area contributed by atoms with Crippen molar-refractivity contribution in [1.82, 2.24) is 0 Å². The van der Waals surface area contributed by atoms with Gasteiger partial charge >= 0.3 is 5.97 Å². The number of aliphatic carboxylic acids is 1. The van der Waals surface area contributed by atoms with E-state index in [0.717, 1.165) is 32.1 Å². The maximum Gasteiger partial charge on any atom is 0.332 e. The highest BCUT2D eigenvalue weighted by Crippen LogP contribution is 2.22. The summed E-state index contributed by atoms with van der Waals surface area (Å²) < 4.78 is 5.59. The van der Waals surface area contributed by atoms with E-state index in [2.05, 4.69) is 0 Å². The predicted octanol–water partition coefficient (Wildman–Crippen LogP) is 1.53. The fourth-order valence-corrected chi connectivity index (χ4v) is 1.97. The van der Waals surface area contributed by atoms with Gasteiger partial charge in [0, 0.05) is 6.04 Å². The number of carbonyl (C=O) groups is 1. The normalized spacial score (nSPS) is 28.7. The number of nitrogens with two attached hydrogens (primary N) is 1. The molecule has 0 aromatic rings. The van der Waals surface area contributed by atoms with Crippen molar-refractivity contribution in [2.75, 3.05) is 0 Å². The van der Waals surface area contributed by atoms with E-state index >= 15 is 0 Å². The Balaban J connectivity index is 2.34. The molecule has 1 fully saturated rings. The molecule has 0 heterocycles. The number of hydrogen-bond acceptors (Lipinski definition) is 3. The molecular formula is C11H21NO3. The summed E-state index contributed by atoms with van der Waals surface area (Å²) in [5.41, 5.74) is 5.77. The smallest absolute Gasteiger partial charge is 0.332 e. The Kier molecular flexibility index (Phi) is 5.05. The fraction of sp³-hybridized carbons (Fsp3) is 0.909. The first-order chi connectivity index (χ1) is 7.13. The van der Waals surface area contributed by atoms with E-state index in [0.29, 0.717) is 6.42 Å². The van der Waals surface area contributed by atoms with Crippen molar-refractivity contribution in [3.8, 4) is 0 Å². The zero-order chi connectivity index (χ0) is 11.3. The number of carboxylic acid groups (broad SMARTS) is 1. The maximum atomic E-state index is 10.9. The lowest BCUT2D eigenvalue weighted by atomic mass is 9.93. The summed E-state index contributed by atoms with van der Waals surface area (Å²) in [6.45, 7) is 1.97. The zero-order valence-electron chi connectivity index (χ0n) is 9.32. The van der Waals surface area contributed by atoms with Gasteiger partial charge in [-0.2, -0.15) is 0 Å². The molecular weight excluding hydrogens is 194 g/mol. The molecule has 1 aliphatic rings. The van der Waals surface area contributed by atoms with Crippen molar-refractivity contribution in [2.24, 2.45) is 5.73 Å². The lowest BCUT2D eigenvalue weighted by molar-refractivity contribution is -0.156. The van der Waals surface area contributed by atoms with Crippen molar-refractivity contribution >= 4 is 5.97 Å². The summed E-state index contributed by atoms with van der Waals surface area (Å²) in [6.07, 6.45) is 4.59. The lowest BCUT2D eigenvalue weighted by Crippen LogP contribution is -2.35. The predicted molar refractivity (Wildman–Crippen MR) is 57.6 cm³/mol. The number of hydrogen-bond donors (Lipinski definition) is 2. The molecule has 88 valence electrons. The van der Waals surface area contributed by atoms with Crippen molar-refractivity contribution < 1.29 is 14.6 Å². The molecule has 0 aliphatic heterocycles. The summed E-state index contributed by atoms with van der Waals surface area (Å²) in [5.74, 6) is -0.841. The standard InChI is InChI=1S/C11H21NO3/c1-2-3-10(11(13)14)15-9-6-4-8(12)5-7-9/h8-10H,2-7,12H2,1H3,(H,13,14). The van der Waals surface area contributed by atoms with Gasteiger partial charge in [0.2, 0.25) is 0 Å². The minimum Gasteiger partial charge on any atom is -0.479 e. The Morgan fingerprint density at radius 3 is 2.53 bits per heavy atom. The molecule has 0 radical (unpaired) electrons. The lowest BCUT2D eigenvalue weighted by Gasteiger charge is -2.28. The van der Waals surface area contributed by atoms with Crippen LogP contribution in [0.3, 0.4) is 0 Å². The summed E-state index contributed by atoms with van der Waals surface area (Å²) in [7, 11) is 0. The fourth-order valence-electron chi connectivity index (χ4n) is 1.97. The van der Waals surface area contributed by atoms with Gasteiger partial charge in [0.05, 0.1) is 6.10 Å². The summed E-state index contributed by atoms with van der Waals surface area (Å²) in [4.78, 5) is 10.9. The van der Waals surface area contributed by atoms with Crippen molar-refractivity contribution in [2.45, 2.75) is 63.7 Å². The first kappa shape index (κ1) is 12.5. The Bertz CT molecular complexity index is 200. The van der Waals surface area contributed by atoms with Crippen LogP contribution in [0, 0.1) is 0 Å². The average molecular weight is 215 g/mol. The summed E-state index contributed by atoms with van der Waals surface area (Å²) in [5, 5.41) is 8.94. The molecule has 0 amide bonds. The first-order valence-electron chi connectivity index (χ1n) is 5.77. The van der Waals surface area contributed by atoms with Gasteiger partial charge in [-0.05, 0) is 32.1 Å². The highest BCUT2D eigenvalue weighted by atomic mass is 16.5. The van der Waals surface area contributed by atoms with E-state index in [1.807, 2.05) is 6.92 Å². The van der Waals surface area contributed by atoms with Crippen molar-refractivity contribution in [1.29, 1.82) is 0 Å². The van der Waals surface area contributed by atoms with Gasteiger partial charge in [0.15, 0.2) is 6.10 Å². The van der Waals surface area contributed by atoms with Crippen LogP contribution >= 0.6 is 0 Å². The summed E-state index contributed by atoms with van der Waals surface area (Å²) in [6, 6.07) is 0.277. The third-order valence-electron chi connectivity index (χ3n) is 2.90. The van der Waals surface area contributed by atoms with Crippen LogP contribution < -0.4 is 5.73 Å². The van der Waals surface area contributed by atoms with Crippen molar-refractivity contribution in [3.05, 3.63) is 0 Å². The first-order valence-corrected chi connectivity index (χ1v) is 5.77. The van der Waals surface area contributed by atoms with Crippen molar-refractivity contribution in [3.63, 3.8) is 0 Å². The second kappa shape index (κ2) is 6.08. The molecule has 1 aliphatic carbocycles. The number of ether oxygens (including phenoxy) is 1. The van der Waals surface area contributed by atoms with Gasteiger partial charge in [0.1, 0.15) is 0 Å². The minimum atomic E-state index is -0.841. The van der Waals surface area contributed by atoms with Crippen LogP contribution in [0.4, 0.5) is 0 Å². The molecule has 15 heavy (non-hydrogen) atoms. The largest absolute Gasteiger partial charge is 0.479 e. The van der Waals surface area contributed by atoms with Crippen LogP contribution in [0.2, 0.25) is 0 Å². The van der Waals surface area contributed by atoms with Gasteiger partial charge < -0.3 is 15.6 Å². The molecule has 4 heteroatoms. The van der Waals surface area contributed by atoms with E-state index in [4.69, 9.17) is 15.6 Å². The maximum absolute atomic E-state index is 10.9. The molecule has 0 saturated heterocycles. The quantitative estimate of drug-likeness (QED) is 0.729. The molecule has 3 N–H and O–H groups in total. The van der Waals surface area contributed by atoms with Crippen LogP contribution in [0.25, 0.3) is 0 Å². The Morgan fingerprint density at radius 1 is 1.47 bits per heavy atom. The molecule has 1 rings (SSSR count).